The lowest BCUT2D eigenvalue weighted by Gasteiger charge is -2.28. The van der Waals surface area contributed by atoms with Gasteiger partial charge in [0.25, 0.3) is 0 Å². The molecule has 0 radical (unpaired) electrons. The normalized spacial score (nSPS) is 27.4. The summed E-state index contributed by atoms with van der Waals surface area (Å²) >= 11 is 3.36. The fourth-order valence-corrected chi connectivity index (χ4v) is 4.66. The van der Waals surface area contributed by atoms with E-state index in [1.807, 2.05) is 0 Å². The first-order chi connectivity index (χ1) is 9.53. The van der Waals surface area contributed by atoms with E-state index in [0.717, 1.165) is 25.7 Å². The Kier molecular flexibility index (Phi) is 5.12. The Morgan fingerprint density at radius 2 is 2.20 bits per heavy atom. The molecule has 2 atom stereocenters. The molecule has 2 unspecified atom stereocenters. The van der Waals surface area contributed by atoms with Crippen molar-refractivity contribution < 1.29 is 14.7 Å². The number of nitrogens with one attached hydrogen (secondary N) is 1. The fraction of sp³-hybridized carbons (Fsp3) is 0.846. The SMILES string of the molecule is CCCC1SCC(C(=O)O)N1C(=O)NCC1(SC)CC1. The number of rotatable bonds is 6. The predicted octanol–water partition coefficient (Wildman–Crippen LogP) is 2.22. The minimum atomic E-state index is -0.905. The minimum Gasteiger partial charge on any atom is -0.480 e. The summed E-state index contributed by atoms with van der Waals surface area (Å²) in [7, 11) is 0. The molecule has 1 aliphatic heterocycles. The molecular weight excluding hydrogens is 296 g/mol. The van der Waals surface area contributed by atoms with Crippen molar-refractivity contribution in [2.75, 3.05) is 18.6 Å². The molecule has 0 aromatic heterocycles. The van der Waals surface area contributed by atoms with Crippen LogP contribution in [0.3, 0.4) is 0 Å². The quantitative estimate of drug-likeness (QED) is 0.786. The van der Waals surface area contributed by atoms with Gasteiger partial charge in [-0.15, -0.1) is 11.8 Å². The van der Waals surface area contributed by atoms with Crippen LogP contribution in [0.1, 0.15) is 32.6 Å². The molecule has 2 amide bonds. The van der Waals surface area contributed by atoms with Gasteiger partial charge in [-0.3, -0.25) is 4.90 Å². The number of carbonyl (C=O) groups is 2. The van der Waals surface area contributed by atoms with Crippen LogP contribution < -0.4 is 5.32 Å². The summed E-state index contributed by atoms with van der Waals surface area (Å²) in [5.41, 5.74) is 0. The van der Waals surface area contributed by atoms with E-state index in [9.17, 15) is 14.7 Å². The third-order valence-electron chi connectivity index (χ3n) is 3.95. The Morgan fingerprint density at radius 1 is 1.50 bits per heavy atom. The van der Waals surface area contributed by atoms with Crippen molar-refractivity contribution in [1.29, 1.82) is 0 Å². The molecule has 7 heteroatoms. The molecule has 0 aromatic carbocycles. The summed E-state index contributed by atoms with van der Waals surface area (Å²) in [5.74, 6) is -0.418. The summed E-state index contributed by atoms with van der Waals surface area (Å²) in [5, 5.41) is 12.2. The van der Waals surface area contributed by atoms with Crippen molar-refractivity contribution >= 4 is 35.5 Å². The highest BCUT2D eigenvalue weighted by atomic mass is 32.2. The number of amides is 2. The Hall–Kier alpha value is -0.560. The van der Waals surface area contributed by atoms with E-state index in [1.54, 1.807) is 23.5 Å². The smallest absolute Gasteiger partial charge is 0.327 e. The number of urea groups is 1. The van der Waals surface area contributed by atoms with Crippen LogP contribution in [0.25, 0.3) is 0 Å². The highest BCUT2D eigenvalue weighted by Gasteiger charge is 2.45. The molecule has 5 nitrogen and oxygen atoms in total. The Labute approximate surface area is 128 Å². The Morgan fingerprint density at radius 3 is 2.70 bits per heavy atom. The number of nitrogens with zero attached hydrogens (tertiary/aromatic N) is 1. The maximum atomic E-state index is 12.4. The van der Waals surface area contributed by atoms with Crippen LogP contribution in [-0.4, -0.2) is 56.7 Å². The van der Waals surface area contributed by atoms with E-state index in [0.29, 0.717) is 12.3 Å². The molecule has 1 saturated carbocycles. The van der Waals surface area contributed by atoms with Gasteiger partial charge in [0.1, 0.15) is 6.04 Å². The molecule has 1 saturated heterocycles. The molecule has 0 bridgehead atoms. The number of carboxylic acid groups (broad SMARTS) is 1. The zero-order valence-electron chi connectivity index (χ0n) is 11.9. The Bertz CT molecular complexity index is 388. The van der Waals surface area contributed by atoms with Gasteiger partial charge >= 0.3 is 12.0 Å². The first-order valence-corrected chi connectivity index (χ1v) is 9.26. The lowest BCUT2D eigenvalue weighted by Crippen LogP contribution is -2.51. The summed E-state index contributed by atoms with van der Waals surface area (Å²) in [6.45, 7) is 2.69. The van der Waals surface area contributed by atoms with Gasteiger partial charge in [0.15, 0.2) is 0 Å². The third-order valence-corrected chi connectivity index (χ3v) is 6.72. The minimum absolute atomic E-state index is 0.00877. The summed E-state index contributed by atoms with van der Waals surface area (Å²) in [4.78, 5) is 25.2. The summed E-state index contributed by atoms with van der Waals surface area (Å²) < 4.78 is 0.196. The van der Waals surface area contributed by atoms with Crippen LogP contribution in [0, 0.1) is 0 Å². The van der Waals surface area contributed by atoms with Gasteiger partial charge in [-0.05, 0) is 25.5 Å². The molecule has 0 aromatic rings. The highest BCUT2D eigenvalue weighted by molar-refractivity contribution is 8.00. The predicted molar refractivity (Wildman–Crippen MR) is 83.3 cm³/mol. The number of hydrogen-bond donors (Lipinski definition) is 2. The van der Waals surface area contributed by atoms with Crippen LogP contribution in [0.5, 0.6) is 0 Å². The average Bonchev–Trinajstić information content (AvgIpc) is 3.09. The van der Waals surface area contributed by atoms with Crippen molar-refractivity contribution in [3.63, 3.8) is 0 Å². The van der Waals surface area contributed by atoms with Gasteiger partial charge in [-0.2, -0.15) is 11.8 Å². The zero-order valence-corrected chi connectivity index (χ0v) is 13.6. The Balaban J connectivity index is 1.97. The zero-order chi connectivity index (χ0) is 14.8. The molecule has 2 fully saturated rings. The van der Waals surface area contributed by atoms with Gasteiger partial charge in [0.2, 0.25) is 0 Å². The third kappa shape index (κ3) is 3.36. The van der Waals surface area contributed by atoms with E-state index in [4.69, 9.17) is 0 Å². The first-order valence-electron chi connectivity index (χ1n) is 6.99. The lowest BCUT2D eigenvalue weighted by atomic mass is 10.2. The van der Waals surface area contributed by atoms with E-state index in [2.05, 4.69) is 18.5 Å². The number of carboxylic acids is 1. The number of carbonyl (C=O) groups excluding carboxylic acids is 1. The van der Waals surface area contributed by atoms with Gasteiger partial charge in [0, 0.05) is 17.0 Å². The summed E-state index contributed by atoms with van der Waals surface area (Å²) in [6.07, 6.45) is 6.11. The van der Waals surface area contributed by atoms with E-state index < -0.39 is 12.0 Å². The maximum absolute atomic E-state index is 12.4. The van der Waals surface area contributed by atoms with Gasteiger partial charge in [0.05, 0.1) is 5.37 Å². The number of thioether (sulfide) groups is 2. The average molecular weight is 318 g/mol. The summed E-state index contributed by atoms with van der Waals surface area (Å²) in [6, 6.07) is -0.915. The fourth-order valence-electron chi connectivity index (χ4n) is 2.42. The maximum Gasteiger partial charge on any atom is 0.327 e. The van der Waals surface area contributed by atoms with Crippen LogP contribution >= 0.6 is 23.5 Å². The first kappa shape index (κ1) is 15.8. The molecule has 20 heavy (non-hydrogen) atoms. The van der Waals surface area contributed by atoms with Gasteiger partial charge in [-0.1, -0.05) is 13.3 Å². The molecule has 2 aliphatic rings. The van der Waals surface area contributed by atoms with Crippen LogP contribution in [0.4, 0.5) is 4.79 Å². The standard InChI is InChI=1S/C13H22N2O3S2/c1-3-4-10-15(9(7-20-10)11(16)17)12(18)14-8-13(19-2)5-6-13/h9-10H,3-8H2,1-2H3,(H,14,18)(H,16,17). The molecule has 0 spiro atoms. The molecule has 114 valence electrons. The van der Waals surface area contributed by atoms with Crippen molar-refractivity contribution in [3.05, 3.63) is 0 Å². The van der Waals surface area contributed by atoms with Gasteiger partial charge < -0.3 is 10.4 Å². The molecule has 1 aliphatic carbocycles. The van der Waals surface area contributed by atoms with Crippen molar-refractivity contribution in [2.45, 2.75) is 48.8 Å². The largest absolute Gasteiger partial charge is 0.480 e. The van der Waals surface area contributed by atoms with Crippen molar-refractivity contribution in [3.8, 4) is 0 Å². The van der Waals surface area contributed by atoms with E-state index >= 15 is 0 Å². The second kappa shape index (κ2) is 6.47. The van der Waals surface area contributed by atoms with Crippen LogP contribution in [0.15, 0.2) is 0 Å². The van der Waals surface area contributed by atoms with E-state index in [-0.39, 0.29) is 16.2 Å². The van der Waals surface area contributed by atoms with Gasteiger partial charge in [-0.25, -0.2) is 9.59 Å². The molecule has 2 N–H and O–H groups in total. The van der Waals surface area contributed by atoms with Crippen molar-refractivity contribution in [2.24, 2.45) is 0 Å². The van der Waals surface area contributed by atoms with E-state index in [1.165, 1.54) is 4.90 Å². The highest BCUT2D eigenvalue weighted by Crippen LogP contribution is 2.46. The van der Waals surface area contributed by atoms with Crippen LogP contribution in [0.2, 0.25) is 0 Å². The topological polar surface area (TPSA) is 69.6 Å². The monoisotopic (exact) mass is 318 g/mol. The second-order valence-corrected chi connectivity index (χ2v) is 7.87. The number of aliphatic carboxylic acids is 1. The number of hydrogen-bond acceptors (Lipinski definition) is 4. The lowest BCUT2D eigenvalue weighted by molar-refractivity contribution is -0.141. The molecule has 1 heterocycles. The van der Waals surface area contributed by atoms with Crippen molar-refractivity contribution in [1.82, 2.24) is 10.2 Å². The van der Waals surface area contributed by atoms with Crippen LogP contribution in [-0.2, 0) is 4.79 Å². The second-order valence-electron chi connectivity index (χ2n) is 5.38. The molecule has 2 rings (SSSR count). The molecular formula is C13H22N2O3S2.